The van der Waals surface area contributed by atoms with Crippen LogP contribution in [-0.2, 0) is 41.8 Å². The molecule has 2 rings (SSSR count). The lowest BCUT2D eigenvalue weighted by molar-refractivity contribution is -0.140. The molecule has 0 bridgehead atoms. The van der Waals surface area contributed by atoms with Crippen molar-refractivity contribution in [3.05, 3.63) is 71.6 Å². The van der Waals surface area contributed by atoms with E-state index in [2.05, 4.69) is 20.1 Å². The third kappa shape index (κ3) is 13.1. The smallest absolute Gasteiger partial charge is 0.333 e. The Labute approximate surface area is 267 Å². The number of hydrogen-bond donors (Lipinski definition) is 0. The molecule has 0 unspecified atom stereocenters. The van der Waals surface area contributed by atoms with Gasteiger partial charge in [-0.15, -0.1) is 0 Å². The first-order valence-corrected chi connectivity index (χ1v) is 15.5. The molecule has 0 aliphatic heterocycles. The van der Waals surface area contributed by atoms with Crippen LogP contribution in [0, 0.1) is 11.7 Å². The molecular weight excluding hydrogens is 579 g/mol. The van der Waals surface area contributed by atoms with E-state index < -0.39 is 17.8 Å². The highest BCUT2D eigenvalue weighted by Crippen LogP contribution is 2.35. The van der Waals surface area contributed by atoms with Gasteiger partial charge in [0.25, 0.3) is 0 Å². The summed E-state index contributed by atoms with van der Waals surface area (Å²) < 4.78 is 48.8. The monoisotopic (exact) mass is 628 g/mol. The maximum Gasteiger partial charge on any atom is 0.333 e. The van der Waals surface area contributed by atoms with Gasteiger partial charge in [0, 0.05) is 42.4 Å². The minimum absolute atomic E-state index is 0.103. The number of carbonyl (C=O) groups is 2. The lowest BCUT2D eigenvalue weighted by Gasteiger charge is -2.21. The normalized spacial score (nSPS) is 10.9. The standard InChI is InChI=1S/C36H49FO8/c1-8-9-10-11-12-13-16-42-33-15-14-28(19-32(33)37)29-17-30(23-44-35(38)25(2)3)34(43-22-27(20-40-6)21-41-7)31(18-29)24-45-36(39)26(4)5/h14-15,17-19,27H,2,4,8-13,16,20-24H2,1,3,5-7H3. The van der Waals surface area contributed by atoms with Gasteiger partial charge in [0.1, 0.15) is 19.0 Å². The van der Waals surface area contributed by atoms with Crippen LogP contribution < -0.4 is 9.47 Å². The van der Waals surface area contributed by atoms with Crippen LogP contribution in [0.1, 0.15) is 70.4 Å². The lowest BCUT2D eigenvalue weighted by atomic mass is 9.98. The first kappa shape index (κ1) is 37.5. The van der Waals surface area contributed by atoms with Gasteiger partial charge in [-0.1, -0.05) is 58.3 Å². The summed E-state index contributed by atoms with van der Waals surface area (Å²) in [6.07, 6.45) is 6.67. The number of unbranched alkanes of at least 4 members (excludes halogenated alkanes) is 5. The van der Waals surface area contributed by atoms with Crippen LogP contribution in [0.4, 0.5) is 4.39 Å². The lowest BCUT2D eigenvalue weighted by Crippen LogP contribution is -2.23. The summed E-state index contributed by atoms with van der Waals surface area (Å²) in [7, 11) is 3.18. The van der Waals surface area contributed by atoms with Crippen molar-refractivity contribution in [2.45, 2.75) is 72.5 Å². The molecule has 0 aromatic heterocycles. The van der Waals surface area contributed by atoms with E-state index in [9.17, 15) is 9.59 Å². The number of hydrogen-bond acceptors (Lipinski definition) is 8. The second-order valence-electron chi connectivity index (χ2n) is 11.2. The minimum Gasteiger partial charge on any atom is -0.492 e. The van der Waals surface area contributed by atoms with Crippen LogP contribution in [0.2, 0.25) is 0 Å². The summed E-state index contributed by atoms with van der Waals surface area (Å²) in [5, 5.41) is 0. The quantitative estimate of drug-likeness (QED) is 0.0743. The molecule has 2 aromatic rings. The molecule has 9 heteroatoms. The summed E-state index contributed by atoms with van der Waals surface area (Å²) in [6.45, 7) is 13.7. The van der Waals surface area contributed by atoms with Crippen molar-refractivity contribution in [2.24, 2.45) is 5.92 Å². The van der Waals surface area contributed by atoms with Gasteiger partial charge >= 0.3 is 11.9 Å². The average Bonchev–Trinajstić information content (AvgIpc) is 3.01. The maximum atomic E-state index is 15.2. The van der Waals surface area contributed by atoms with Crippen LogP contribution in [0.5, 0.6) is 11.5 Å². The molecule has 0 amide bonds. The van der Waals surface area contributed by atoms with Crippen LogP contribution >= 0.6 is 0 Å². The van der Waals surface area contributed by atoms with E-state index in [0.29, 0.717) is 47.8 Å². The van der Waals surface area contributed by atoms with E-state index >= 15 is 4.39 Å². The zero-order chi connectivity index (χ0) is 33.2. The van der Waals surface area contributed by atoms with Crippen LogP contribution in [0.25, 0.3) is 11.1 Å². The fourth-order valence-electron chi connectivity index (χ4n) is 4.53. The number of halogens is 1. The van der Waals surface area contributed by atoms with Gasteiger partial charge in [-0.25, -0.2) is 14.0 Å². The second kappa shape index (κ2) is 20.4. The Morgan fingerprint density at radius 2 is 1.31 bits per heavy atom. The Bertz CT molecular complexity index is 1210. The molecule has 0 saturated carbocycles. The molecule has 0 N–H and O–H groups in total. The number of methoxy groups -OCH3 is 2. The summed E-state index contributed by atoms with van der Waals surface area (Å²) in [5.74, 6) is -1.19. The molecule has 0 spiro atoms. The molecule has 2 aromatic carbocycles. The highest BCUT2D eigenvalue weighted by Gasteiger charge is 2.20. The van der Waals surface area contributed by atoms with E-state index in [1.807, 2.05) is 0 Å². The van der Waals surface area contributed by atoms with Crippen molar-refractivity contribution in [2.75, 3.05) is 40.6 Å². The molecule has 0 aliphatic carbocycles. The largest absolute Gasteiger partial charge is 0.492 e. The molecule has 0 saturated heterocycles. The predicted octanol–water partition coefficient (Wildman–Crippen LogP) is 7.76. The van der Waals surface area contributed by atoms with Crippen molar-refractivity contribution >= 4 is 11.9 Å². The van der Waals surface area contributed by atoms with Crippen molar-refractivity contribution in [1.29, 1.82) is 0 Å². The van der Waals surface area contributed by atoms with Crippen molar-refractivity contribution in [3.63, 3.8) is 0 Å². The second-order valence-corrected chi connectivity index (χ2v) is 11.2. The average molecular weight is 629 g/mol. The minimum atomic E-state index is -0.573. The summed E-state index contributed by atoms with van der Waals surface area (Å²) in [4.78, 5) is 24.6. The summed E-state index contributed by atoms with van der Waals surface area (Å²) in [6, 6.07) is 8.29. The zero-order valence-electron chi connectivity index (χ0n) is 27.5. The maximum absolute atomic E-state index is 15.2. The summed E-state index contributed by atoms with van der Waals surface area (Å²) >= 11 is 0. The topological polar surface area (TPSA) is 89.5 Å². The molecule has 0 aliphatic rings. The summed E-state index contributed by atoms with van der Waals surface area (Å²) in [5.41, 5.74) is 2.65. The molecule has 0 radical (unpaired) electrons. The van der Waals surface area contributed by atoms with E-state index in [1.54, 1.807) is 52.3 Å². The van der Waals surface area contributed by atoms with Gasteiger partial charge in [0.05, 0.1) is 26.4 Å². The van der Waals surface area contributed by atoms with E-state index in [1.165, 1.54) is 25.3 Å². The third-order valence-electron chi connectivity index (χ3n) is 6.95. The predicted molar refractivity (Wildman–Crippen MR) is 173 cm³/mol. The van der Waals surface area contributed by atoms with Gasteiger partial charge in [-0.2, -0.15) is 0 Å². The van der Waals surface area contributed by atoms with Crippen molar-refractivity contribution in [1.82, 2.24) is 0 Å². The Kier molecular flexibility index (Phi) is 17.0. The molecule has 8 nitrogen and oxygen atoms in total. The Balaban J connectivity index is 2.44. The fourth-order valence-corrected chi connectivity index (χ4v) is 4.53. The molecule has 45 heavy (non-hydrogen) atoms. The fraction of sp³-hybridized carbons (Fsp3) is 0.500. The molecular formula is C36H49FO8. The number of rotatable bonds is 22. The first-order chi connectivity index (χ1) is 21.6. The van der Waals surface area contributed by atoms with Crippen LogP contribution in [0.15, 0.2) is 54.6 Å². The van der Waals surface area contributed by atoms with E-state index in [4.69, 9.17) is 28.4 Å². The van der Waals surface area contributed by atoms with E-state index in [-0.39, 0.29) is 42.6 Å². The Hall–Kier alpha value is -3.69. The van der Waals surface area contributed by atoms with Gasteiger partial charge < -0.3 is 28.4 Å². The van der Waals surface area contributed by atoms with Gasteiger partial charge in [0.15, 0.2) is 11.6 Å². The first-order valence-electron chi connectivity index (χ1n) is 15.5. The third-order valence-corrected chi connectivity index (χ3v) is 6.95. The van der Waals surface area contributed by atoms with E-state index in [0.717, 1.165) is 19.3 Å². The molecule has 248 valence electrons. The molecule has 0 fully saturated rings. The highest BCUT2D eigenvalue weighted by molar-refractivity contribution is 5.87. The Morgan fingerprint density at radius 1 is 0.756 bits per heavy atom. The number of carbonyl (C=O) groups excluding carboxylic acids is 2. The number of esters is 2. The highest BCUT2D eigenvalue weighted by atomic mass is 19.1. The molecule has 0 atom stereocenters. The van der Waals surface area contributed by atoms with Crippen molar-refractivity contribution < 1.29 is 42.4 Å². The van der Waals surface area contributed by atoms with Crippen molar-refractivity contribution in [3.8, 4) is 22.6 Å². The van der Waals surface area contributed by atoms with Gasteiger partial charge in [-0.3, -0.25) is 0 Å². The zero-order valence-corrected chi connectivity index (χ0v) is 27.5. The van der Waals surface area contributed by atoms with Gasteiger partial charge in [-0.05, 0) is 55.7 Å². The number of ether oxygens (including phenoxy) is 6. The SMILES string of the molecule is C=C(C)C(=O)OCc1cc(-c2ccc(OCCCCCCCC)c(F)c2)cc(COC(=O)C(=C)C)c1OCC(COC)COC. The van der Waals surface area contributed by atoms with Crippen LogP contribution in [-0.4, -0.2) is 52.6 Å². The number of benzene rings is 2. The molecule has 0 heterocycles. The Morgan fingerprint density at radius 3 is 1.82 bits per heavy atom. The van der Waals surface area contributed by atoms with Crippen LogP contribution in [0.3, 0.4) is 0 Å². The van der Waals surface area contributed by atoms with Gasteiger partial charge in [0.2, 0.25) is 0 Å².